The molecule has 0 unspecified atom stereocenters. The Morgan fingerprint density at radius 2 is 1.76 bits per heavy atom. The molecule has 0 spiro atoms. The Morgan fingerprint density at radius 1 is 1.04 bits per heavy atom. The highest BCUT2D eigenvalue weighted by Crippen LogP contribution is 2.32. The fraction of sp³-hybridized carbons (Fsp3) is 0.0588. The monoisotopic (exact) mass is 356 g/mol. The molecule has 8 heteroatoms. The number of aromatic nitrogens is 3. The molecule has 2 heterocycles. The van der Waals surface area contributed by atoms with Gasteiger partial charge in [-0.25, -0.2) is 4.68 Å². The average Bonchev–Trinajstić information content (AvgIpc) is 3.09. The summed E-state index contributed by atoms with van der Waals surface area (Å²) in [7, 11) is -4.71. The molecule has 25 heavy (non-hydrogen) atoms. The number of halogens is 1. The Hall–Kier alpha value is -3.00. The van der Waals surface area contributed by atoms with E-state index in [2.05, 4.69) is 15.4 Å². The lowest BCUT2D eigenvalue weighted by molar-refractivity contribution is 0.552. The number of rotatable bonds is 3. The van der Waals surface area contributed by atoms with Crippen LogP contribution in [0, 0.1) is 0 Å². The van der Waals surface area contributed by atoms with Crippen molar-refractivity contribution in [3.05, 3.63) is 78.1 Å². The predicted molar refractivity (Wildman–Crippen MR) is 90.9 cm³/mol. The van der Waals surface area contributed by atoms with Gasteiger partial charge in [-0.05, 0) is 29.3 Å². The Labute approximate surface area is 143 Å². The third kappa shape index (κ3) is 2.91. The first-order valence-corrected chi connectivity index (χ1v) is 8.89. The Bertz CT molecular complexity index is 1040. The van der Waals surface area contributed by atoms with Crippen molar-refractivity contribution in [3.8, 4) is 0 Å². The molecule has 1 aromatic heterocycles. The first-order chi connectivity index (χ1) is 12.0. The van der Waals surface area contributed by atoms with Gasteiger partial charge in [0.1, 0.15) is 12.4 Å². The molecule has 2 aromatic carbocycles. The van der Waals surface area contributed by atoms with E-state index in [9.17, 15) is 12.3 Å². The number of fused-ring (bicyclic) bond motifs is 1. The number of nitrogens with one attached hydrogen (secondary N) is 1. The number of benzene rings is 2. The quantitative estimate of drug-likeness (QED) is 0.730. The van der Waals surface area contributed by atoms with Gasteiger partial charge < -0.3 is 5.32 Å². The molecule has 3 aromatic rings. The molecule has 1 aliphatic heterocycles. The number of allylic oxidation sites excluding steroid dienone is 1. The zero-order valence-corrected chi connectivity index (χ0v) is 13.7. The molecule has 1 aliphatic rings. The molecule has 0 saturated carbocycles. The number of hydrogen-bond acceptors (Lipinski definition) is 5. The summed E-state index contributed by atoms with van der Waals surface area (Å²) in [5.74, 6) is 0.577. The minimum atomic E-state index is -4.71. The van der Waals surface area contributed by atoms with Crippen molar-refractivity contribution in [2.24, 2.45) is 0 Å². The van der Waals surface area contributed by atoms with Crippen LogP contribution in [0.5, 0.6) is 0 Å². The third-order valence-corrected chi connectivity index (χ3v) is 4.83. The average molecular weight is 356 g/mol. The molecule has 0 radical (unpaired) electrons. The summed E-state index contributed by atoms with van der Waals surface area (Å²) < 4.78 is 36.8. The topological polar surface area (TPSA) is 76.9 Å². The summed E-state index contributed by atoms with van der Waals surface area (Å²) in [6, 6.07) is 15.3. The molecular formula is C17H13FN4O2S. The first-order valence-electron chi connectivity index (χ1n) is 7.51. The summed E-state index contributed by atoms with van der Waals surface area (Å²) >= 11 is 0. The van der Waals surface area contributed by atoms with Crippen molar-refractivity contribution >= 4 is 21.9 Å². The van der Waals surface area contributed by atoms with Gasteiger partial charge in [-0.15, -0.1) is 3.89 Å². The summed E-state index contributed by atoms with van der Waals surface area (Å²) in [6.07, 6.45) is 3.43. The predicted octanol–water partition coefficient (Wildman–Crippen LogP) is 2.99. The lowest BCUT2D eigenvalue weighted by Crippen LogP contribution is -2.20. The van der Waals surface area contributed by atoms with Gasteiger partial charge in [0.15, 0.2) is 0 Å². The van der Waals surface area contributed by atoms with E-state index < -0.39 is 10.2 Å². The van der Waals surface area contributed by atoms with Crippen LogP contribution in [0.1, 0.15) is 17.2 Å². The zero-order chi connectivity index (χ0) is 17.4. The maximum atomic E-state index is 13.1. The van der Waals surface area contributed by atoms with Crippen LogP contribution in [0.25, 0.3) is 5.70 Å². The van der Waals surface area contributed by atoms with Crippen LogP contribution >= 0.6 is 0 Å². The van der Waals surface area contributed by atoms with Crippen LogP contribution in [0.3, 0.4) is 0 Å². The second-order valence-corrected chi connectivity index (χ2v) is 6.90. The van der Waals surface area contributed by atoms with Crippen molar-refractivity contribution in [2.45, 2.75) is 10.9 Å². The van der Waals surface area contributed by atoms with Crippen LogP contribution in [0.2, 0.25) is 0 Å². The molecule has 0 fully saturated rings. The van der Waals surface area contributed by atoms with E-state index >= 15 is 0 Å². The van der Waals surface area contributed by atoms with Gasteiger partial charge in [-0.2, -0.15) is 18.5 Å². The van der Waals surface area contributed by atoms with Crippen LogP contribution in [0.15, 0.2) is 71.9 Å². The molecule has 6 nitrogen and oxygen atoms in total. The largest absolute Gasteiger partial charge is 0.332 e. The van der Waals surface area contributed by atoms with E-state index in [0.717, 1.165) is 16.8 Å². The fourth-order valence-corrected chi connectivity index (χ4v) is 3.25. The second kappa shape index (κ2) is 5.82. The number of nitrogens with zero attached hydrogens (tertiary/aromatic N) is 3. The minimum absolute atomic E-state index is 0.153. The van der Waals surface area contributed by atoms with Crippen LogP contribution < -0.4 is 5.32 Å². The lowest BCUT2D eigenvalue weighted by atomic mass is 10.0. The number of anilines is 1. The van der Waals surface area contributed by atoms with Gasteiger partial charge in [-0.3, -0.25) is 0 Å². The Balaban J connectivity index is 1.76. The molecule has 0 aliphatic carbocycles. The van der Waals surface area contributed by atoms with Crippen molar-refractivity contribution in [2.75, 3.05) is 5.32 Å². The Kier molecular flexibility index (Phi) is 3.61. The molecule has 1 N–H and O–H groups in total. The molecule has 4 rings (SSSR count). The summed E-state index contributed by atoms with van der Waals surface area (Å²) in [5, 5.41) is 7.42. The highest BCUT2D eigenvalue weighted by molar-refractivity contribution is 7.86. The molecule has 0 bridgehead atoms. The summed E-state index contributed by atoms with van der Waals surface area (Å²) in [4.78, 5) is 3.84. The van der Waals surface area contributed by atoms with Crippen molar-refractivity contribution in [1.82, 2.24) is 14.8 Å². The van der Waals surface area contributed by atoms with E-state index in [1.807, 2.05) is 36.4 Å². The van der Waals surface area contributed by atoms with Gasteiger partial charge in [0.05, 0.1) is 4.90 Å². The van der Waals surface area contributed by atoms with Crippen molar-refractivity contribution < 1.29 is 12.3 Å². The normalized spacial score (nSPS) is 16.7. The van der Waals surface area contributed by atoms with Gasteiger partial charge >= 0.3 is 10.2 Å². The van der Waals surface area contributed by atoms with Crippen molar-refractivity contribution in [1.29, 1.82) is 0 Å². The van der Waals surface area contributed by atoms with Crippen LogP contribution in [-0.2, 0) is 10.2 Å². The second-order valence-electron chi connectivity index (χ2n) is 5.55. The molecule has 0 saturated heterocycles. The van der Waals surface area contributed by atoms with Crippen LogP contribution in [0.4, 0.5) is 9.83 Å². The maximum Gasteiger partial charge on any atom is 0.332 e. The highest BCUT2D eigenvalue weighted by Gasteiger charge is 2.23. The lowest BCUT2D eigenvalue weighted by Gasteiger charge is -2.24. The highest BCUT2D eigenvalue weighted by atomic mass is 32.3. The van der Waals surface area contributed by atoms with Crippen molar-refractivity contribution in [3.63, 3.8) is 0 Å². The van der Waals surface area contributed by atoms with E-state index in [-0.39, 0.29) is 10.9 Å². The maximum absolute atomic E-state index is 13.1. The first kappa shape index (κ1) is 15.5. The standard InChI is InChI=1S/C17H13FN4O2S/c18-25(23,24)14-8-6-12(7-9-14)15-10-16(13-4-2-1-3-5-13)22-17(21-15)19-11-20-22/h1-11,16H,(H,19,20,21)/t16-/m0/s1. The molecular weight excluding hydrogens is 343 g/mol. The zero-order valence-electron chi connectivity index (χ0n) is 12.9. The van der Waals surface area contributed by atoms with Gasteiger partial charge in [0, 0.05) is 5.70 Å². The van der Waals surface area contributed by atoms with Gasteiger partial charge in [0.2, 0.25) is 5.95 Å². The Morgan fingerprint density at radius 3 is 2.44 bits per heavy atom. The fourth-order valence-electron chi connectivity index (χ4n) is 2.79. The van der Waals surface area contributed by atoms with E-state index in [1.54, 1.807) is 16.8 Å². The molecule has 1 atom stereocenters. The molecule has 0 amide bonds. The molecule has 126 valence electrons. The summed E-state index contributed by atoms with van der Waals surface area (Å²) in [5.41, 5.74) is 2.51. The minimum Gasteiger partial charge on any atom is -0.324 e. The summed E-state index contributed by atoms with van der Waals surface area (Å²) in [6.45, 7) is 0. The third-order valence-electron chi connectivity index (χ3n) is 4.00. The SMILES string of the molecule is O=S(=O)(F)c1ccc(C2=C[C@@H](c3ccccc3)n3ncnc3N2)cc1. The number of hydrogen-bond donors (Lipinski definition) is 1. The smallest absolute Gasteiger partial charge is 0.324 e. The van der Waals surface area contributed by atoms with E-state index in [0.29, 0.717) is 5.95 Å². The van der Waals surface area contributed by atoms with E-state index in [1.165, 1.54) is 18.5 Å². The van der Waals surface area contributed by atoms with Gasteiger partial charge in [0.25, 0.3) is 0 Å². The van der Waals surface area contributed by atoms with Crippen LogP contribution in [-0.4, -0.2) is 23.2 Å². The van der Waals surface area contributed by atoms with E-state index in [4.69, 9.17) is 0 Å². The van der Waals surface area contributed by atoms with Gasteiger partial charge in [-0.1, -0.05) is 42.5 Å².